The summed E-state index contributed by atoms with van der Waals surface area (Å²) < 4.78 is 29.6. The van der Waals surface area contributed by atoms with Gasteiger partial charge < -0.3 is 5.11 Å². The molecular weight excluding hydrogens is 458 g/mol. The molecule has 1 unspecified atom stereocenters. The molecule has 0 saturated carbocycles. The number of rotatable bonds is 7. The molecule has 0 radical (unpaired) electrons. The average Bonchev–Trinajstić information content (AvgIpc) is 3.30. The first-order chi connectivity index (χ1) is 17.2. The maximum absolute atomic E-state index is 14.7. The van der Waals surface area contributed by atoms with Gasteiger partial charge in [-0.05, 0) is 67.9 Å². The van der Waals surface area contributed by atoms with Gasteiger partial charge in [-0.2, -0.15) is 5.10 Å². The molecule has 1 aromatic heterocycles. The van der Waals surface area contributed by atoms with Crippen LogP contribution in [0.4, 0.5) is 8.78 Å². The van der Waals surface area contributed by atoms with E-state index in [0.29, 0.717) is 6.54 Å². The second-order valence-corrected chi connectivity index (χ2v) is 9.24. The molecule has 0 fully saturated rings. The first-order valence-electron chi connectivity index (χ1n) is 11.6. The molecule has 0 spiro atoms. The zero-order valence-corrected chi connectivity index (χ0v) is 20.5. The Hall–Kier alpha value is -3.86. The summed E-state index contributed by atoms with van der Waals surface area (Å²) in [5, 5.41) is 15.6. The molecule has 1 atom stereocenters. The predicted octanol–water partition coefficient (Wildman–Crippen LogP) is 4.59. The number of aryl methyl sites for hydroxylation is 2. The number of halogens is 2. The van der Waals surface area contributed by atoms with Gasteiger partial charge in [-0.15, -0.1) is 0 Å². The topological polar surface area (TPSA) is 54.2 Å². The van der Waals surface area contributed by atoms with Crippen LogP contribution in [0.2, 0.25) is 0 Å². The van der Waals surface area contributed by atoms with Gasteiger partial charge in [-0.3, -0.25) is 4.90 Å². The molecule has 184 valence electrons. The fourth-order valence-electron chi connectivity index (χ4n) is 4.37. The van der Waals surface area contributed by atoms with Crippen LogP contribution in [-0.4, -0.2) is 38.4 Å². The van der Waals surface area contributed by atoms with Gasteiger partial charge >= 0.3 is 0 Å². The van der Waals surface area contributed by atoms with Crippen LogP contribution < -0.4 is 0 Å². The van der Waals surface area contributed by atoms with E-state index in [-0.39, 0.29) is 18.7 Å². The highest BCUT2D eigenvalue weighted by Gasteiger charge is 2.34. The minimum Gasteiger partial charge on any atom is -0.382 e. The molecule has 1 heterocycles. The zero-order valence-electron chi connectivity index (χ0n) is 20.5. The van der Waals surface area contributed by atoms with Crippen molar-refractivity contribution in [2.75, 3.05) is 13.6 Å². The number of aliphatic hydroxyl groups is 1. The highest BCUT2D eigenvalue weighted by Crippen LogP contribution is 2.28. The Kier molecular flexibility index (Phi) is 7.58. The lowest BCUT2D eigenvalue weighted by Crippen LogP contribution is -2.43. The van der Waals surface area contributed by atoms with Gasteiger partial charge in [-0.1, -0.05) is 36.1 Å². The molecule has 4 aromatic rings. The van der Waals surface area contributed by atoms with Gasteiger partial charge in [0.05, 0.1) is 6.54 Å². The lowest BCUT2D eigenvalue weighted by Gasteiger charge is -2.33. The molecule has 0 bridgehead atoms. The van der Waals surface area contributed by atoms with Crippen molar-refractivity contribution < 1.29 is 13.9 Å². The van der Waals surface area contributed by atoms with E-state index in [2.05, 4.69) is 54.0 Å². The van der Waals surface area contributed by atoms with E-state index in [9.17, 15) is 13.9 Å². The molecule has 0 aliphatic heterocycles. The number of nitrogens with zero attached hydrogens (tertiary/aromatic N) is 4. The number of likely N-dealkylation sites (N-methyl/N-ethyl adjacent to an activating group) is 1. The van der Waals surface area contributed by atoms with Crippen LogP contribution in [0.5, 0.6) is 0 Å². The summed E-state index contributed by atoms with van der Waals surface area (Å²) in [5.41, 5.74) is 3.61. The van der Waals surface area contributed by atoms with E-state index < -0.39 is 17.2 Å². The molecule has 0 aliphatic rings. The minimum absolute atomic E-state index is 0.00302. The monoisotopic (exact) mass is 486 g/mol. The van der Waals surface area contributed by atoms with Crippen LogP contribution in [0.3, 0.4) is 0 Å². The maximum atomic E-state index is 14.7. The second kappa shape index (κ2) is 10.8. The largest absolute Gasteiger partial charge is 0.382 e. The van der Waals surface area contributed by atoms with Gasteiger partial charge in [-0.25, -0.2) is 18.4 Å². The van der Waals surface area contributed by atoms with Crippen molar-refractivity contribution in [3.63, 3.8) is 0 Å². The van der Waals surface area contributed by atoms with E-state index in [1.807, 2.05) is 36.2 Å². The van der Waals surface area contributed by atoms with E-state index in [0.717, 1.165) is 28.8 Å². The smallest absolute Gasteiger partial charge is 0.137 e. The van der Waals surface area contributed by atoms with E-state index in [4.69, 9.17) is 0 Å². The second-order valence-electron chi connectivity index (χ2n) is 9.24. The third-order valence-corrected chi connectivity index (χ3v) is 5.83. The summed E-state index contributed by atoms with van der Waals surface area (Å²) in [5.74, 6) is 4.90. The summed E-state index contributed by atoms with van der Waals surface area (Å²) in [6.07, 6.45) is 2.79. The quantitative estimate of drug-likeness (QED) is 0.388. The summed E-state index contributed by atoms with van der Waals surface area (Å²) >= 11 is 0. The molecule has 4 rings (SSSR count). The molecular formula is C29H28F2N4O. The molecule has 1 N–H and O–H groups in total. The highest BCUT2D eigenvalue weighted by molar-refractivity contribution is 5.45. The van der Waals surface area contributed by atoms with Crippen LogP contribution in [0, 0.1) is 37.3 Å². The molecule has 3 aromatic carbocycles. The first kappa shape index (κ1) is 25.2. The summed E-state index contributed by atoms with van der Waals surface area (Å²) in [4.78, 5) is 5.78. The molecule has 0 aliphatic carbocycles. The predicted molar refractivity (Wildman–Crippen MR) is 135 cm³/mol. The van der Waals surface area contributed by atoms with Gasteiger partial charge in [0.25, 0.3) is 0 Å². The molecule has 0 amide bonds. The van der Waals surface area contributed by atoms with E-state index >= 15 is 0 Å². The Labute approximate surface area is 210 Å². The third-order valence-electron chi connectivity index (χ3n) is 5.83. The van der Waals surface area contributed by atoms with E-state index in [1.165, 1.54) is 34.5 Å². The van der Waals surface area contributed by atoms with Gasteiger partial charge in [0, 0.05) is 35.8 Å². The van der Waals surface area contributed by atoms with Crippen LogP contribution >= 0.6 is 0 Å². The van der Waals surface area contributed by atoms with Crippen molar-refractivity contribution in [1.29, 1.82) is 0 Å². The first-order valence-corrected chi connectivity index (χ1v) is 11.6. The summed E-state index contributed by atoms with van der Waals surface area (Å²) in [7, 11) is 1.83. The Morgan fingerprint density at radius 1 is 0.944 bits per heavy atom. The SMILES string of the molecule is Cc1cc(C)cc(C#Cc2ccc(CN(C)CC(O)(Cn3cncn3)c3ccc(F)cc3F)cc2)c1. The van der Waals surface area contributed by atoms with Crippen molar-refractivity contribution >= 4 is 0 Å². The Morgan fingerprint density at radius 3 is 2.28 bits per heavy atom. The van der Waals surface area contributed by atoms with Gasteiger partial charge in [0.2, 0.25) is 0 Å². The highest BCUT2D eigenvalue weighted by atomic mass is 19.1. The Balaban J connectivity index is 1.48. The van der Waals surface area contributed by atoms with Crippen molar-refractivity contribution in [3.05, 3.63) is 118 Å². The van der Waals surface area contributed by atoms with Crippen molar-refractivity contribution in [1.82, 2.24) is 19.7 Å². The third kappa shape index (κ3) is 6.42. The van der Waals surface area contributed by atoms with Crippen LogP contribution in [-0.2, 0) is 18.7 Å². The van der Waals surface area contributed by atoms with Crippen molar-refractivity contribution in [3.8, 4) is 11.8 Å². The number of benzene rings is 3. The lowest BCUT2D eigenvalue weighted by atomic mass is 9.92. The molecule has 7 heteroatoms. The fraction of sp³-hybridized carbons (Fsp3) is 0.241. The van der Waals surface area contributed by atoms with Crippen LogP contribution in [0.15, 0.2) is 73.3 Å². The Morgan fingerprint density at radius 2 is 1.64 bits per heavy atom. The molecule has 36 heavy (non-hydrogen) atoms. The van der Waals surface area contributed by atoms with Crippen molar-refractivity contribution in [2.24, 2.45) is 0 Å². The van der Waals surface area contributed by atoms with Crippen LogP contribution in [0.25, 0.3) is 0 Å². The average molecular weight is 487 g/mol. The number of hydrogen-bond donors (Lipinski definition) is 1. The fourth-order valence-corrected chi connectivity index (χ4v) is 4.37. The minimum atomic E-state index is -1.66. The van der Waals surface area contributed by atoms with Crippen LogP contribution in [0.1, 0.15) is 33.4 Å². The standard InChI is InChI=1S/C29H28F2N4O/c1-21-12-22(2)14-25(13-21)9-6-23-4-7-24(8-5-23)16-34(3)17-29(36,18-35-20-32-19-33-35)27-11-10-26(30)15-28(27)31/h4-5,7-8,10-15,19-20,36H,16-18H2,1-3H3. The number of aromatic nitrogens is 3. The molecule has 0 saturated heterocycles. The Bertz CT molecular complexity index is 1370. The summed E-state index contributed by atoms with van der Waals surface area (Å²) in [6.45, 7) is 4.67. The normalized spacial score (nSPS) is 12.8. The zero-order chi connectivity index (χ0) is 25.7. The van der Waals surface area contributed by atoms with E-state index in [1.54, 1.807) is 0 Å². The number of hydrogen-bond acceptors (Lipinski definition) is 4. The van der Waals surface area contributed by atoms with Gasteiger partial charge in [0.1, 0.15) is 29.9 Å². The lowest BCUT2D eigenvalue weighted by molar-refractivity contribution is -0.0175. The van der Waals surface area contributed by atoms with Crippen molar-refractivity contribution in [2.45, 2.75) is 32.5 Å². The summed E-state index contributed by atoms with van der Waals surface area (Å²) in [6, 6.07) is 17.3. The van der Waals surface area contributed by atoms with Gasteiger partial charge in [0.15, 0.2) is 0 Å². The maximum Gasteiger partial charge on any atom is 0.137 e. The molecule has 5 nitrogen and oxygen atoms in total.